The lowest BCUT2D eigenvalue weighted by Gasteiger charge is -2.08. The van der Waals surface area contributed by atoms with Crippen molar-refractivity contribution in [3.05, 3.63) is 23.8 Å². The lowest BCUT2D eigenvalue weighted by Crippen LogP contribution is -2.13. The maximum Gasteiger partial charge on any atom is 0.295 e. The Bertz CT molecular complexity index is 576. The van der Waals surface area contributed by atoms with Crippen molar-refractivity contribution >= 4 is 27.4 Å². The Labute approximate surface area is 98.2 Å². The lowest BCUT2D eigenvalue weighted by molar-refractivity contribution is -0.116. The molecule has 0 aliphatic heterocycles. The Morgan fingerprint density at radius 1 is 1.35 bits per heavy atom. The molecule has 0 heterocycles. The van der Waals surface area contributed by atoms with Crippen molar-refractivity contribution in [3.63, 3.8) is 0 Å². The fourth-order valence-corrected chi connectivity index (χ4v) is 2.12. The van der Waals surface area contributed by atoms with Gasteiger partial charge in [0.25, 0.3) is 10.1 Å². The minimum absolute atomic E-state index is 0.0913. The number of carbonyl (C=O) groups is 2. The molecule has 92 valence electrons. The van der Waals surface area contributed by atoms with E-state index in [1.807, 2.05) is 0 Å². The van der Waals surface area contributed by atoms with E-state index in [0.717, 1.165) is 6.07 Å². The molecule has 0 spiro atoms. The zero-order chi connectivity index (χ0) is 13.2. The van der Waals surface area contributed by atoms with E-state index in [-0.39, 0.29) is 11.3 Å². The second-order valence-corrected chi connectivity index (χ2v) is 4.89. The normalized spacial score (nSPS) is 11.2. The van der Waals surface area contributed by atoms with Crippen LogP contribution in [0.25, 0.3) is 0 Å². The van der Waals surface area contributed by atoms with Gasteiger partial charge in [-0.1, -0.05) is 6.07 Å². The topological polar surface area (TPSA) is 115 Å². The fourth-order valence-electron chi connectivity index (χ4n) is 1.38. The monoisotopic (exact) mass is 257 g/mol. The number of nitrogens with two attached hydrogens (primary N) is 1. The number of anilines is 1. The van der Waals surface area contributed by atoms with Gasteiger partial charge in [0.15, 0.2) is 5.78 Å². The first-order chi connectivity index (χ1) is 7.73. The maximum atomic E-state index is 11.7. The molecule has 0 fully saturated rings. The number of rotatable bonds is 4. The second kappa shape index (κ2) is 4.64. The smallest absolute Gasteiger partial charge is 0.295 e. The van der Waals surface area contributed by atoms with E-state index in [1.165, 1.54) is 19.1 Å². The molecule has 0 atom stereocenters. The molecule has 0 aliphatic rings. The third-order valence-corrected chi connectivity index (χ3v) is 2.92. The number of nitrogen functional groups attached to an aromatic ring is 1. The first-order valence-corrected chi connectivity index (χ1v) is 6.06. The van der Waals surface area contributed by atoms with E-state index >= 15 is 0 Å². The summed E-state index contributed by atoms with van der Waals surface area (Å²) in [6.45, 7) is 1.20. The predicted molar refractivity (Wildman–Crippen MR) is 60.3 cm³/mol. The Hall–Kier alpha value is -1.73. The van der Waals surface area contributed by atoms with Gasteiger partial charge in [-0.05, 0) is 19.1 Å². The molecule has 0 aromatic heterocycles. The van der Waals surface area contributed by atoms with Crippen LogP contribution in [-0.4, -0.2) is 24.5 Å². The average Bonchev–Trinajstić information content (AvgIpc) is 2.14. The summed E-state index contributed by atoms with van der Waals surface area (Å²) in [5.74, 6) is -1.15. The number of Topliss-reactive ketones (excluding diaryl/α,β-unsaturated/α-hetero) is 2. The largest absolute Gasteiger partial charge is 0.398 e. The molecule has 6 nitrogen and oxygen atoms in total. The number of ketones is 2. The van der Waals surface area contributed by atoms with E-state index in [4.69, 9.17) is 10.3 Å². The summed E-state index contributed by atoms with van der Waals surface area (Å²) in [4.78, 5) is 21.9. The molecule has 7 heteroatoms. The molecule has 0 saturated carbocycles. The first-order valence-electron chi connectivity index (χ1n) is 4.62. The molecule has 1 aromatic carbocycles. The molecule has 17 heavy (non-hydrogen) atoms. The number of hydrogen-bond acceptors (Lipinski definition) is 5. The Kier molecular flexibility index (Phi) is 3.64. The van der Waals surface area contributed by atoms with Gasteiger partial charge in [0, 0.05) is 5.69 Å². The van der Waals surface area contributed by atoms with Crippen LogP contribution in [0.15, 0.2) is 23.1 Å². The Balaban J connectivity index is 3.41. The summed E-state index contributed by atoms with van der Waals surface area (Å²) < 4.78 is 31.1. The van der Waals surface area contributed by atoms with E-state index in [2.05, 4.69) is 0 Å². The summed E-state index contributed by atoms with van der Waals surface area (Å²) >= 11 is 0. The van der Waals surface area contributed by atoms with Crippen molar-refractivity contribution < 1.29 is 22.6 Å². The van der Waals surface area contributed by atoms with Crippen molar-refractivity contribution in [2.45, 2.75) is 18.2 Å². The van der Waals surface area contributed by atoms with Gasteiger partial charge < -0.3 is 5.73 Å². The van der Waals surface area contributed by atoms with Crippen LogP contribution in [-0.2, 0) is 14.9 Å². The maximum absolute atomic E-state index is 11.7. The number of hydrogen-bond donors (Lipinski definition) is 2. The highest BCUT2D eigenvalue weighted by atomic mass is 32.2. The Morgan fingerprint density at radius 3 is 2.41 bits per heavy atom. The van der Waals surface area contributed by atoms with Crippen LogP contribution in [0.2, 0.25) is 0 Å². The third kappa shape index (κ3) is 3.11. The summed E-state index contributed by atoms with van der Waals surface area (Å²) in [7, 11) is -4.55. The lowest BCUT2D eigenvalue weighted by atomic mass is 10.0. The van der Waals surface area contributed by atoms with E-state index < -0.39 is 33.0 Å². The minimum Gasteiger partial charge on any atom is -0.398 e. The standard InChI is InChI=1S/C10H11NO5S/c1-6(12)5-8(13)10-7(11)3-2-4-9(10)17(14,15)16/h2-4H,5,11H2,1H3,(H,14,15,16). The summed E-state index contributed by atoms with van der Waals surface area (Å²) in [6.07, 6.45) is -0.462. The van der Waals surface area contributed by atoms with Gasteiger partial charge in [0.05, 0.1) is 12.0 Å². The molecule has 0 radical (unpaired) electrons. The van der Waals surface area contributed by atoms with E-state index in [9.17, 15) is 18.0 Å². The van der Waals surface area contributed by atoms with Crippen LogP contribution in [0.4, 0.5) is 5.69 Å². The number of benzene rings is 1. The summed E-state index contributed by atoms with van der Waals surface area (Å²) in [5, 5.41) is 0. The van der Waals surface area contributed by atoms with Gasteiger partial charge in [-0.25, -0.2) is 0 Å². The molecule has 0 unspecified atom stereocenters. The minimum atomic E-state index is -4.55. The fraction of sp³-hybridized carbons (Fsp3) is 0.200. The first kappa shape index (κ1) is 13.3. The molecule has 0 amide bonds. The van der Waals surface area contributed by atoms with Crippen LogP contribution in [0.1, 0.15) is 23.7 Å². The highest BCUT2D eigenvalue weighted by Gasteiger charge is 2.23. The van der Waals surface area contributed by atoms with Gasteiger partial charge >= 0.3 is 0 Å². The number of carbonyl (C=O) groups excluding carboxylic acids is 2. The van der Waals surface area contributed by atoms with Gasteiger partial charge in [-0.15, -0.1) is 0 Å². The van der Waals surface area contributed by atoms with Crippen molar-refractivity contribution in [3.8, 4) is 0 Å². The quantitative estimate of drug-likeness (QED) is 0.354. The van der Waals surface area contributed by atoms with E-state index in [0.29, 0.717) is 0 Å². The average molecular weight is 257 g/mol. The second-order valence-electron chi connectivity index (χ2n) is 3.50. The highest BCUT2D eigenvalue weighted by Crippen LogP contribution is 2.23. The molecule has 3 N–H and O–H groups in total. The SMILES string of the molecule is CC(=O)CC(=O)c1c(N)cccc1S(=O)(=O)O. The van der Waals surface area contributed by atoms with Crippen LogP contribution in [0.3, 0.4) is 0 Å². The molecule has 1 aromatic rings. The van der Waals surface area contributed by atoms with Gasteiger partial charge in [0.2, 0.25) is 0 Å². The molecule has 0 bridgehead atoms. The zero-order valence-corrected chi connectivity index (χ0v) is 9.82. The van der Waals surface area contributed by atoms with Crippen molar-refractivity contribution in [1.82, 2.24) is 0 Å². The van der Waals surface area contributed by atoms with Crippen LogP contribution in [0, 0.1) is 0 Å². The summed E-state index contributed by atoms with van der Waals surface area (Å²) in [5.41, 5.74) is 5.05. The third-order valence-electron chi connectivity index (χ3n) is 2.02. The van der Waals surface area contributed by atoms with Gasteiger partial charge in [-0.2, -0.15) is 8.42 Å². The van der Waals surface area contributed by atoms with Crippen LogP contribution >= 0.6 is 0 Å². The molecule has 0 saturated heterocycles. The van der Waals surface area contributed by atoms with Crippen LogP contribution in [0.5, 0.6) is 0 Å². The molecule has 0 aliphatic carbocycles. The van der Waals surface area contributed by atoms with Gasteiger partial charge in [-0.3, -0.25) is 14.1 Å². The Morgan fingerprint density at radius 2 is 1.94 bits per heavy atom. The van der Waals surface area contributed by atoms with E-state index in [1.54, 1.807) is 0 Å². The van der Waals surface area contributed by atoms with Crippen molar-refractivity contribution in [2.24, 2.45) is 0 Å². The van der Waals surface area contributed by atoms with Gasteiger partial charge in [0.1, 0.15) is 10.7 Å². The van der Waals surface area contributed by atoms with Crippen molar-refractivity contribution in [1.29, 1.82) is 0 Å². The highest BCUT2D eigenvalue weighted by molar-refractivity contribution is 7.86. The molecular formula is C10H11NO5S. The molecular weight excluding hydrogens is 246 g/mol. The summed E-state index contributed by atoms with van der Waals surface area (Å²) in [6, 6.07) is 3.67. The zero-order valence-electron chi connectivity index (χ0n) is 9.00. The predicted octanol–water partition coefficient (Wildman–Crippen LogP) is 0.677. The molecule has 1 rings (SSSR count). The van der Waals surface area contributed by atoms with Crippen molar-refractivity contribution in [2.75, 3.05) is 5.73 Å². The van der Waals surface area contributed by atoms with Crippen LogP contribution < -0.4 is 5.73 Å².